The van der Waals surface area contributed by atoms with E-state index in [9.17, 15) is 0 Å². The van der Waals surface area contributed by atoms with Crippen molar-refractivity contribution in [2.45, 2.75) is 26.2 Å². The highest BCUT2D eigenvalue weighted by Gasteiger charge is 2.04. The Morgan fingerprint density at radius 2 is 2.42 bits per heavy atom. The summed E-state index contributed by atoms with van der Waals surface area (Å²) in [6.45, 7) is 4.26. The number of rotatable bonds is 2. The van der Waals surface area contributed by atoms with Gasteiger partial charge in [-0.2, -0.15) is 0 Å². The van der Waals surface area contributed by atoms with Crippen LogP contribution in [0, 0.1) is 4.64 Å². The Kier molecular flexibility index (Phi) is 3.40. The Hall–Kier alpha value is -0.220. The molecule has 1 aromatic rings. The number of hydrogen-bond acceptors (Lipinski definition) is 2. The zero-order valence-electron chi connectivity index (χ0n) is 7.10. The lowest BCUT2D eigenvalue weighted by Gasteiger charge is -2.06. The van der Waals surface area contributed by atoms with Gasteiger partial charge in [-0.25, -0.2) is 4.98 Å². The largest absolute Gasteiger partial charge is 0.334 e. The van der Waals surface area contributed by atoms with E-state index in [-0.39, 0.29) is 0 Å². The lowest BCUT2D eigenvalue weighted by molar-refractivity contribution is 0.675. The van der Waals surface area contributed by atoms with E-state index in [2.05, 4.69) is 39.7 Å². The zero-order valence-corrected chi connectivity index (χ0v) is 9.50. The molecule has 0 aliphatic rings. The molecular weight excluding hydrogens is 236 g/mol. The smallest absolute Gasteiger partial charge is 0.120 e. The van der Waals surface area contributed by atoms with Gasteiger partial charge in [-0.1, -0.05) is 26.1 Å². The maximum Gasteiger partial charge on any atom is 0.120 e. The molecule has 1 unspecified atom stereocenters. The summed E-state index contributed by atoms with van der Waals surface area (Å²) in [5.41, 5.74) is 0. The molecule has 0 fully saturated rings. The van der Waals surface area contributed by atoms with E-state index in [1.54, 1.807) is 6.20 Å². The predicted octanol–water partition coefficient (Wildman–Crippen LogP) is 3.42. The molecule has 0 saturated carbocycles. The maximum atomic E-state index is 5.07. The molecule has 0 saturated heterocycles. The Morgan fingerprint density at radius 3 is 2.92 bits per heavy atom. The summed E-state index contributed by atoms with van der Waals surface area (Å²) in [5.74, 6) is 1.41. The molecule has 66 valence electrons. The van der Waals surface area contributed by atoms with E-state index < -0.39 is 0 Å². The van der Waals surface area contributed by atoms with Crippen molar-refractivity contribution in [2.75, 3.05) is 0 Å². The standard InChI is InChI=1S/C8H11BrN2S/c1-3-5(2)7-10-4-6(9)8(12)11-7/h4-5H,3H2,1-2H3,(H,10,11,12). The number of hydrogen-bond donors (Lipinski definition) is 1. The van der Waals surface area contributed by atoms with Crippen LogP contribution in [0.2, 0.25) is 0 Å². The normalized spacial score (nSPS) is 12.9. The van der Waals surface area contributed by atoms with E-state index in [4.69, 9.17) is 12.2 Å². The molecule has 1 heterocycles. The lowest BCUT2D eigenvalue weighted by Crippen LogP contribution is -1.99. The summed E-state index contributed by atoms with van der Waals surface area (Å²) in [4.78, 5) is 7.32. The first-order valence-electron chi connectivity index (χ1n) is 3.89. The molecule has 0 aliphatic carbocycles. The van der Waals surface area contributed by atoms with Crippen LogP contribution in [0.5, 0.6) is 0 Å². The van der Waals surface area contributed by atoms with Crippen LogP contribution in [-0.2, 0) is 0 Å². The van der Waals surface area contributed by atoms with E-state index in [1.165, 1.54) is 0 Å². The Morgan fingerprint density at radius 1 is 1.75 bits per heavy atom. The van der Waals surface area contributed by atoms with Gasteiger partial charge in [0.25, 0.3) is 0 Å². The van der Waals surface area contributed by atoms with Crippen LogP contribution in [0.3, 0.4) is 0 Å². The SMILES string of the molecule is CCC(C)c1ncc(Br)c(=S)[nH]1. The van der Waals surface area contributed by atoms with Crippen molar-refractivity contribution in [2.24, 2.45) is 0 Å². The minimum Gasteiger partial charge on any atom is -0.334 e. The first-order valence-corrected chi connectivity index (χ1v) is 5.10. The van der Waals surface area contributed by atoms with E-state index in [0.29, 0.717) is 5.92 Å². The molecule has 1 N–H and O–H groups in total. The molecule has 4 heteroatoms. The van der Waals surface area contributed by atoms with Gasteiger partial charge in [0.15, 0.2) is 0 Å². The number of aromatic amines is 1. The third-order valence-electron chi connectivity index (χ3n) is 1.85. The van der Waals surface area contributed by atoms with Crippen LogP contribution in [0.1, 0.15) is 32.0 Å². The predicted molar refractivity (Wildman–Crippen MR) is 55.8 cm³/mol. The van der Waals surface area contributed by atoms with Gasteiger partial charge in [0, 0.05) is 12.1 Å². The van der Waals surface area contributed by atoms with Gasteiger partial charge in [0.2, 0.25) is 0 Å². The average molecular weight is 247 g/mol. The van der Waals surface area contributed by atoms with Gasteiger partial charge in [-0.15, -0.1) is 0 Å². The summed E-state index contributed by atoms with van der Waals surface area (Å²) in [7, 11) is 0. The molecule has 1 rings (SSSR count). The number of nitrogens with one attached hydrogen (secondary N) is 1. The summed E-state index contributed by atoms with van der Waals surface area (Å²) in [5, 5.41) is 0. The molecule has 0 radical (unpaired) electrons. The van der Waals surface area contributed by atoms with Gasteiger partial charge in [-0.3, -0.25) is 0 Å². The Labute approximate surface area is 85.6 Å². The zero-order chi connectivity index (χ0) is 9.14. The molecule has 2 nitrogen and oxygen atoms in total. The summed E-state index contributed by atoms with van der Waals surface area (Å²) in [6, 6.07) is 0. The fourth-order valence-corrected chi connectivity index (χ4v) is 1.20. The average Bonchev–Trinajstić information content (AvgIpc) is 2.08. The van der Waals surface area contributed by atoms with Crippen LogP contribution in [0.4, 0.5) is 0 Å². The molecule has 0 spiro atoms. The van der Waals surface area contributed by atoms with Crippen molar-refractivity contribution in [1.29, 1.82) is 0 Å². The molecule has 1 atom stereocenters. The van der Waals surface area contributed by atoms with Crippen molar-refractivity contribution in [1.82, 2.24) is 9.97 Å². The second-order valence-corrected chi connectivity index (χ2v) is 4.02. The molecule has 0 bridgehead atoms. The van der Waals surface area contributed by atoms with Gasteiger partial charge < -0.3 is 4.98 Å². The first-order chi connectivity index (χ1) is 5.65. The molecule has 0 amide bonds. The van der Waals surface area contributed by atoms with Crippen molar-refractivity contribution in [3.8, 4) is 0 Å². The Bertz CT molecular complexity index is 321. The van der Waals surface area contributed by atoms with Gasteiger partial charge >= 0.3 is 0 Å². The maximum absolute atomic E-state index is 5.07. The summed E-state index contributed by atoms with van der Waals surface area (Å²) in [6.07, 6.45) is 2.82. The van der Waals surface area contributed by atoms with Crippen LogP contribution in [0.25, 0.3) is 0 Å². The minimum absolute atomic E-state index is 0.444. The first kappa shape index (κ1) is 9.86. The summed E-state index contributed by atoms with van der Waals surface area (Å²) >= 11 is 8.37. The van der Waals surface area contributed by atoms with Gasteiger partial charge in [0.05, 0.1) is 4.47 Å². The quantitative estimate of drug-likeness (QED) is 0.811. The second-order valence-electron chi connectivity index (χ2n) is 2.75. The highest BCUT2D eigenvalue weighted by Crippen LogP contribution is 2.16. The van der Waals surface area contributed by atoms with Crippen LogP contribution >= 0.6 is 28.1 Å². The number of aromatic nitrogens is 2. The third-order valence-corrected chi connectivity index (χ3v) is 3.04. The highest BCUT2D eigenvalue weighted by atomic mass is 79.9. The molecule has 0 aliphatic heterocycles. The van der Waals surface area contributed by atoms with E-state index in [0.717, 1.165) is 21.4 Å². The van der Waals surface area contributed by atoms with E-state index in [1.807, 2.05) is 0 Å². The molecule has 12 heavy (non-hydrogen) atoms. The number of nitrogens with zero attached hydrogens (tertiary/aromatic N) is 1. The Balaban J connectivity index is 3.05. The monoisotopic (exact) mass is 246 g/mol. The topological polar surface area (TPSA) is 28.7 Å². The van der Waals surface area contributed by atoms with Gasteiger partial charge in [0.1, 0.15) is 10.5 Å². The van der Waals surface area contributed by atoms with Crippen molar-refractivity contribution >= 4 is 28.1 Å². The molecular formula is C8H11BrN2S. The van der Waals surface area contributed by atoms with Crippen molar-refractivity contribution in [3.63, 3.8) is 0 Å². The van der Waals surface area contributed by atoms with E-state index >= 15 is 0 Å². The van der Waals surface area contributed by atoms with Crippen LogP contribution in [0.15, 0.2) is 10.7 Å². The second kappa shape index (κ2) is 4.14. The van der Waals surface area contributed by atoms with Crippen molar-refractivity contribution < 1.29 is 0 Å². The minimum atomic E-state index is 0.444. The molecule has 0 aromatic carbocycles. The fraction of sp³-hybridized carbons (Fsp3) is 0.500. The fourth-order valence-electron chi connectivity index (χ4n) is 0.837. The van der Waals surface area contributed by atoms with Crippen LogP contribution in [-0.4, -0.2) is 9.97 Å². The highest BCUT2D eigenvalue weighted by molar-refractivity contribution is 9.10. The lowest BCUT2D eigenvalue weighted by atomic mass is 10.1. The summed E-state index contributed by atoms with van der Waals surface area (Å²) < 4.78 is 1.57. The van der Waals surface area contributed by atoms with Crippen molar-refractivity contribution in [3.05, 3.63) is 21.1 Å². The molecule has 1 aromatic heterocycles. The van der Waals surface area contributed by atoms with Crippen LogP contribution < -0.4 is 0 Å². The number of H-pyrrole nitrogens is 1. The number of halogens is 1. The third kappa shape index (κ3) is 2.14. The van der Waals surface area contributed by atoms with Gasteiger partial charge in [-0.05, 0) is 22.4 Å².